The van der Waals surface area contributed by atoms with Crippen molar-refractivity contribution in [3.8, 4) is 5.75 Å². The maximum atomic E-state index is 13.0. The molecule has 1 atom stereocenters. The SMILES string of the molecule is Cc1cccc(OCC(=O)N(CCc2ccccc2)[C@@H](C)C(=O)NC(C)(C)C)c1. The molecule has 2 aromatic rings. The van der Waals surface area contributed by atoms with Crippen LogP contribution in [0, 0.1) is 6.92 Å². The Labute approximate surface area is 174 Å². The molecule has 0 unspecified atom stereocenters. The average molecular weight is 397 g/mol. The van der Waals surface area contributed by atoms with Crippen molar-refractivity contribution in [1.29, 1.82) is 0 Å². The van der Waals surface area contributed by atoms with Gasteiger partial charge in [-0.3, -0.25) is 9.59 Å². The zero-order valence-electron chi connectivity index (χ0n) is 18.1. The third-order valence-electron chi connectivity index (χ3n) is 4.50. The first-order valence-corrected chi connectivity index (χ1v) is 10.0. The average Bonchev–Trinajstić information content (AvgIpc) is 2.66. The van der Waals surface area contributed by atoms with Crippen LogP contribution in [0.5, 0.6) is 5.75 Å². The zero-order chi connectivity index (χ0) is 21.4. The lowest BCUT2D eigenvalue weighted by Crippen LogP contribution is -2.53. The van der Waals surface area contributed by atoms with Gasteiger partial charge in [0.05, 0.1) is 0 Å². The molecule has 0 radical (unpaired) electrons. The molecule has 5 heteroatoms. The van der Waals surface area contributed by atoms with Crippen LogP contribution >= 0.6 is 0 Å². The molecule has 1 N–H and O–H groups in total. The molecule has 0 saturated carbocycles. The molecular formula is C24H32N2O3. The first-order chi connectivity index (χ1) is 13.7. The molecule has 0 aliphatic carbocycles. The second kappa shape index (κ2) is 10.1. The van der Waals surface area contributed by atoms with Crippen molar-refractivity contribution in [2.75, 3.05) is 13.2 Å². The molecule has 2 rings (SSSR count). The van der Waals surface area contributed by atoms with E-state index in [1.54, 1.807) is 11.8 Å². The lowest BCUT2D eigenvalue weighted by Gasteiger charge is -2.31. The lowest BCUT2D eigenvalue weighted by molar-refractivity contribution is -0.142. The molecule has 0 aromatic heterocycles. The number of carbonyl (C=O) groups is 2. The Kier molecular flexibility index (Phi) is 7.82. The summed E-state index contributed by atoms with van der Waals surface area (Å²) in [5, 5.41) is 2.96. The Bertz CT molecular complexity index is 812. The van der Waals surface area contributed by atoms with Crippen LogP contribution in [0.1, 0.15) is 38.8 Å². The van der Waals surface area contributed by atoms with Crippen LogP contribution in [0.4, 0.5) is 0 Å². The van der Waals surface area contributed by atoms with E-state index in [1.807, 2.05) is 82.3 Å². The molecular weight excluding hydrogens is 364 g/mol. The number of benzene rings is 2. The van der Waals surface area contributed by atoms with Gasteiger partial charge in [-0.2, -0.15) is 0 Å². The summed E-state index contributed by atoms with van der Waals surface area (Å²) in [4.78, 5) is 27.2. The molecule has 0 fully saturated rings. The van der Waals surface area contributed by atoms with Crippen molar-refractivity contribution in [1.82, 2.24) is 10.2 Å². The number of hydrogen-bond acceptors (Lipinski definition) is 3. The Balaban J connectivity index is 2.09. The minimum atomic E-state index is -0.591. The van der Waals surface area contributed by atoms with E-state index in [0.29, 0.717) is 18.7 Å². The summed E-state index contributed by atoms with van der Waals surface area (Å²) in [7, 11) is 0. The van der Waals surface area contributed by atoms with Crippen LogP contribution in [-0.2, 0) is 16.0 Å². The Hall–Kier alpha value is -2.82. The highest BCUT2D eigenvalue weighted by Gasteiger charge is 2.28. The number of nitrogens with zero attached hydrogens (tertiary/aromatic N) is 1. The van der Waals surface area contributed by atoms with Crippen molar-refractivity contribution in [2.24, 2.45) is 0 Å². The standard InChI is InChI=1S/C24H32N2O3/c1-18-10-9-13-21(16-18)29-17-22(27)26(15-14-20-11-7-6-8-12-20)19(2)23(28)25-24(3,4)5/h6-13,16,19H,14-15,17H2,1-5H3,(H,25,28)/t19-/m0/s1. The van der Waals surface area contributed by atoms with Gasteiger partial charge in [0.25, 0.3) is 5.91 Å². The summed E-state index contributed by atoms with van der Waals surface area (Å²) in [5.41, 5.74) is 1.82. The molecule has 0 saturated heterocycles. The Morgan fingerprint density at radius 2 is 1.76 bits per heavy atom. The van der Waals surface area contributed by atoms with Gasteiger partial charge in [0.15, 0.2) is 6.61 Å². The maximum Gasteiger partial charge on any atom is 0.261 e. The van der Waals surface area contributed by atoms with E-state index < -0.39 is 6.04 Å². The summed E-state index contributed by atoms with van der Waals surface area (Å²) in [5.74, 6) is 0.265. The third-order valence-corrected chi connectivity index (χ3v) is 4.50. The summed E-state index contributed by atoms with van der Waals surface area (Å²) in [6.45, 7) is 9.85. The first kappa shape index (κ1) is 22.5. The molecule has 0 aliphatic rings. The summed E-state index contributed by atoms with van der Waals surface area (Å²) < 4.78 is 5.69. The van der Waals surface area contributed by atoms with Crippen molar-refractivity contribution >= 4 is 11.8 Å². The van der Waals surface area contributed by atoms with E-state index in [9.17, 15) is 9.59 Å². The number of hydrogen-bond donors (Lipinski definition) is 1. The van der Waals surface area contributed by atoms with Crippen LogP contribution in [0.15, 0.2) is 54.6 Å². The minimum Gasteiger partial charge on any atom is -0.484 e. The van der Waals surface area contributed by atoms with Gasteiger partial charge >= 0.3 is 0 Å². The van der Waals surface area contributed by atoms with Gasteiger partial charge in [-0.15, -0.1) is 0 Å². The van der Waals surface area contributed by atoms with E-state index in [1.165, 1.54) is 0 Å². The van der Waals surface area contributed by atoms with Crippen LogP contribution in [0.3, 0.4) is 0 Å². The largest absolute Gasteiger partial charge is 0.484 e. The number of amides is 2. The highest BCUT2D eigenvalue weighted by molar-refractivity contribution is 5.88. The number of aryl methyl sites for hydroxylation is 1. The summed E-state index contributed by atoms with van der Waals surface area (Å²) >= 11 is 0. The van der Waals surface area contributed by atoms with Crippen LogP contribution < -0.4 is 10.1 Å². The van der Waals surface area contributed by atoms with Crippen molar-refractivity contribution in [3.63, 3.8) is 0 Å². The fourth-order valence-electron chi connectivity index (χ4n) is 2.98. The second-order valence-electron chi connectivity index (χ2n) is 8.34. The van der Waals surface area contributed by atoms with Crippen molar-refractivity contribution < 1.29 is 14.3 Å². The number of ether oxygens (including phenoxy) is 1. The maximum absolute atomic E-state index is 13.0. The van der Waals surface area contributed by atoms with Gasteiger partial charge < -0.3 is 15.0 Å². The molecule has 156 valence electrons. The minimum absolute atomic E-state index is 0.106. The second-order valence-corrected chi connectivity index (χ2v) is 8.34. The van der Waals surface area contributed by atoms with Crippen molar-refractivity contribution in [2.45, 2.75) is 52.6 Å². The number of carbonyl (C=O) groups excluding carboxylic acids is 2. The predicted octanol–water partition coefficient (Wildman–Crippen LogP) is 3.75. The van der Waals surface area contributed by atoms with E-state index in [0.717, 1.165) is 11.1 Å². The molecule has 0 spiro atoms. The predicted molar refractivity (Wildman–Crippen MR) is 116 cm³/mol. The van der Waals surface area contributed by atoms with Gasteiger partial charge in [0, 0.05) is 12.1 Å². The molecule has 5 nitrogen and oxygen atoms in total. The lowest BCUT2D eigenvalue weighted by atomic mass is 10.1. The number of rotatable bonds is 8. The van der Waals surface area contributed by atoms with Gasteiger partial charge in [-0.05, 0) is 64.3 Å². The monoisotopic (exact) mass is 396 g/mol. The molecule has 0 aliphatic heterocycles. The van der Waals surface area contributed by atoms with Gasteiger partial charge in [-0.1, -0.05) is 42.5 Å². The highest BCUT2D eigenvalue weighted by atomic mass is 16.5. The fraction of sp³-hybridized carbons (Fsp3) is 0.417. The fourth-order valence-corrected chi connectivity index (χ4v) is 2.98. The van der Waals surface area contributed by atoms with Crippen molar-refractivity contribution in [3.05, 3.63) is 65.7 Å². The number of nitrogens with one attached hydrogen (secondary N) is 1. The topological polar surface area (TPSA) is 58.6 Å². The van der Waals surface area contributed by atoms with E-state index in [2.05, 4.69) is 5.32 Å². The molecule has 2 amide bonds. The summed E-state index contributed by atoms with van der Waals surface area (Å²) in [6.07, 6.45) is 0.671. The molecule has 0 bridgehead atoms. The van der Waals surface area contributed by atoms with Crippen LogP contribution in [0.25, 0.3) is 0 Å². The van der Waals surface area contributed by atoms with Crippen LogP contribution in [0.2, 0.25) is 0 Å². The first-order valence-electron chi connectivity index (χ1n) is 10.0. The Morgan fingerprint density at radius 1 is 1.07 bits per heavy atom. The van der Waals surface area contributed by atoms with Gasteiger partial charge in [-0.25, -0.2) is 0 Å². The van der Waals surface area contributed by atoms with Crippen LogP contribution in [-0.4, -0.2) is 41.4 Å². The Morgan fingerprint density at radius 3 is 2.38 bits per heavy atom. The van der Waals surface area contributed by atoms with E-state index >= 15 is 0 Å². The normalized spacial score (nSPS) is 12.2. The molecule has 2 aromatic carbocycles. The third kappa shape index (κ3) is 7.60. The quantitative estimate of drug-likeness (QED) is 0.739. The van der Waals surface area contributed by atoms with Gasteiger partial charge in [0.1, 0.15) is 11.8 Å². The highest BCUT2D eigenvalue weighted by Crippen LogP contribution is 2.13. The van der Waals surface area contributed by atoms with E-state index in [-0.39, 0.29) is 24.0 Å². The smallest absolute Gasteiger partial charge is 0.261 e. The zero-order valence-corrected chi connectivity index (χ0v) is 18.1. The van der Waals surface area contributed by atoms with E-state index in [4.69, 9.17) is 4.74 Å². The molecule has 0 heterocycles. The van der Waals surface area contributed by atoms with Gasteiger partial charge in [0.2, 0.25) is 5.91 Å². The molecule has 29 heavy (non-hydrogen) atoms. The summed E-state index contributed by atoms with van der Waals surface area (Å²) in [6, 6.07) is 16.9.